The predicted molar refractivity (Wildman–Crippen MR) is 105 cm³/mol. The Morgan fingerprint density at radius 1 is 1.29 bits per heavy atom. The van der Waals surface area contributed by atoms with Crippen LogP contribution in [-0.4, -0.2) is 20.9 Å². The van der Waals surface area contributed by atoms with Gasteiger partial charge in [-0.2, -0.15) is 0 Å². The molecule has 122 valence electrons. The summed E-state index contributed by atoms with van der Waals surface area (Å²) >= 11 is 3.76. The van der Waals surface area contributed by atoms with Crippen molar-refractivity contribution >= 4 is 45.0 Å². The van der Waals surface area contributed by atoms with Crippen LogP contribution in [0.15, 0.2) is 36.8 Å². The maximum absolute atomic E-state index is 12.4. The van der Waals surface area contributed by atoms with E-state index in [2.05, 4.69) is 48.9 Å². The first-order chi connectivity index (χ1) is 11.6. The van der Waals surface area contributed by atoms with Crippen molar-refractivity contribution in [3.05, 3.63) is 59.2 Å². The van der Waals surface area contributed by atoms with Crippen molar-refractivity contribution in [3.63, 3.8) is 0 Å². The van der Waals surface area contributed by atoms with Crippen molar-refractivity contribution in [2.75, 3.05) is 5.32 Å². The van der Waals surface area contributed by atoms with Gasteiger partial charge in [-0.1, -0.05) is 33.9 Å². The minimum atomic E-state index is -0.177. The number of aryl methyl sites for hydroxylation is 2. The van der Waals surface area contributed by atoms with Gasteiger partial charge < -0.3 is 0 Å². The first-order valence-electron chi connectivity index (χ1n) is 7.29. The Bertz CT molecular complexity index is 894. The summed E-state index contributed by atoms with van der Waals surface area (Å²) in [5.74, 6) is -0.177. The topological polar surface area (TPSA) is 67.8 Å². The molecule has 3 rings (SSSR count). The molecule has 3 aromatic rings. The highest BCUT2D eigenvalue weighted by Gasteiger charge is 2.15. The summed E-state index contributed by atoms with van der Waals surface area (Å²) in [5, 5.41) is 3.44. The van der Waals surface area contributed by atoms with Crippen molar-refractivity contribution in [1.82, 2.24) is 15.0 Å². The highest BCUT2D eigenvalue weighted by molar-refractivity contribution is 14.1. The number of carbonyl (C=O) groups is 1. The first kappa shape index (κ1) is 17.0. The summed E-state index contributed by atoms with van der Waals surface area (Å²) in [6.45, 7) is 3.79. The van der Waals surface area contributed by atoms with Crippen LogP contribution in [0.2, 0.25) is 0 Å². The van der Waals surface area contributed by atoms with Gasteiger partial charge >= 0.3 is 0 Å². The maximum Gasteiger partial charge on any atom is 0.257 e. The van der Waals surface area contributed by atoms with E-state index in [0.29, 0.717) is 10.7 Å². The lowest BCUT2D eigenvalue weighted by Gasteiger charge is -2.04. The highest BCUT2D eigenvalue weighted by Crippen LogP contribution is 2.32. The summed E-state index contributed by atoms with van der Waals surface area (Å²) in [6, 6.07) is 5.77. The average Bonchev–Trinajstić information content (AvgIpc) is 2.95. The molecular formula is C17H15IN4OS. The van der Waals surface area contributed by atoms with Crippen LogP contribution in [0, 0.1) is 13.8 Å². The van der Waals surface area contributed by atoms with E-state index in [9.17, 15) is 4.79 Å². The second-order valence-electron chi connectivity index (χ2n) is 5.26. The zero-order valence-corrected chi connectivity index (χ0v) is 16.2. The Kier molecular flexibility index (Phi) is 5.20. The van der Waals surface area contributed by atoms with Crippen molar-refractivity contribution in [2.45, 2.75) is 18.3 Å². The molecule has 5 nitrogen and oxygen atoms in total. The normalized spacial score (nSPS) is 10.6. The van der Waals surface area contributed by atoms with Gasteiger partial charge in [0, 0.05) is 28.6 Å². The highest BCUT2D eigenvalue weighted by atomic mass is 127. The van der Waals surface area contributed by atoms with E-state index in [-0.39, 0.29) is 5.91 Å². The summed E-state index contributed by atoms with van der Waals surface area (Å²) in [6.07, 6.45) is 5.09. The van der Waals surface area contributed by atoms with E-state index in [1.54, 1.807) is 24.7 Å². The third-order valence-corrected chi connectivity index (χ3v) is 5.47. The minimum Gasteiger partial charge on any atom is -0.298 e. The lowest BCUT2D eigenvalue weighted by Crippen LogP contribution is -2.13. The number of anilines is 1. The van der Waals surface area contributed by atoms with Gasteiger partial charge in [-0.25, -0.2) is 4.98 Å². The van der Waals surface area contributed by atoms with Gasteiger partial charge in [-0.3, -0.25) is 20.1 Å². The fraction of sp³-hybridized carbons (Fsp3) is 0.176. The molecule has 3 aromatic heterocycles. The fourth-order valence-corrected chi connectivity index (χ4v) is 3.67. The predicted octanol–water partition coefficient (Wildman–Crippen LogP) is 4.40. The number of hydrogen-bond acceptors (Lipinski definition) is 5. The number of carbonyl (C=O) groups excluding carboxylic acids is 1. The van der Waals surface area contributed by atoms with Gasteiger partial charge in [0.1, 0.15) is 0 Å². The van der Waals surface area contributed by atoms with E-state index in [4.69, 9.17) is 0 Å². The van der Waals surface area contributed by atoms with Crippen LogP contribution >= 0.6 is 33.9 Å². The summed E-state index contributed by atoms with van der Waals surface area (Å²) < 4.78 is 0.927. The molecule has 0 aliphatic rings. The van der Waals surface area contributed by atoms with Crippen LogP contribution in [-0.2, 0) is 4.43 Å². The minimum absolute atomic E-state index is 0.177. The molecule has 0 aliphatic heterocycles. The number of nitrogens with zero attached hydrogens (tertiary/aromatic N) is 3. The molecule has 0 aliphatic carbocycles. The zero-order valence-electron chi connectivity index (χ0n) is 13.2. The first-order valence-corrected chi connectivity index (χ1v) is 9.63. The van der Waals surface area contributed by atoms with Crippen molar-refractivity contribution in [2.24, 2.45) is 0 Å². The number of pyridine rings is 2. The number of rotatable bonds is 4. The number of thiazole rings is 1. The molecule has 1 N–H and O–H groups in total. The molecule has 0 unspecified atom stereocenters. The number of amides is 1. The van der Waals surface area contributed by atoms with Gasteiger partial charge in [0.15, 0.2) is 5.13 Å². The second kappa shape index (κ2) is 7.35. The SMILES string of the molecule is Cc1cnccc1C(=O)Nc1nc(C)c(-c2cc(CI)ccn2)s1. The molecule has 0 spiro atoms. The molecule has 0 saturated carbocycles. The summed E-state index contributed by atoms with van der Waals surface area (Å²) in [7, 11) is 0. The van der Waals surface area contributed by atoms with Crippen LogP contribution in [0.25, 0.3) is 10.6 Å². The molecule has 7 heteroatoms. The largest absolute Gasteiger partial charge is 0.298 e. The molecule has 0 aromatic carbocycles. The summed E-state index contributed by atoms with van der Waals surface area (Å²) in [4.78, 5) is 26.3. The Morgan fingerprint density at radius 2 is 2.12 bits per heavy atom. The molecule has 0 atom stereocenters. The molecule has 0 bridgehead atoms. The van der Waals surface area contributed by atoms with Gasteiger partial charge in [0.2, 0.25) is 0 Å². The van der Waals surface area contributed by atoms with Gasteiger partial charge in [-0.15, -0.1) is 0 Å². The molecule has 1 amide bonds. The van der Waals surface area contributed by atoms with Crippen LogP contribution in [0.3, 0.4) is 0 Å². The van der Waals surface area contributed by atoms with Crippen molar-refractivity contribution in [3.8, 4) is 10.6 Å². The van der Waals surface area contributed by atoms with Crippen molar-refractivity contribution in [1.29, 1.82) is 0 Å². The maximum atomic E-state index is 12.4. The molecule has 24 heavy (non-hydrogen) atoms. The number of hydrogen-bond donors (Lipinski definition) is 1. The molecule has 0 radical (unpaired) electrons. The standard InChI is InChI=1S/C17H15IN4OS/c1-10-9-19-5-4-13(10)16(23)22-17-21-11(2)15(24-17)14-7-12(8-18)3-6-20-14/h3-7,9H,8H2,1-2H3,(H,21,22,23). The van der Waals surface area contributed by atoms with Crippen LogP contribution in [0.5, 0.6) is 0 Å². The lowest BCUT2D eigenvalue weighted by atomic mass is 10.1. The molecule has 0 fully saturated rings. The molecule has 0 saturated heterocycles. The third kappa shape index (κ3) is 3.62. The number of halogens is 1. The van der Waals surface area contributed by atoms with Crippen LogP contribution in [0.4, 0.5) is 5.13 Å². The van der Waals surface area contributed by atoms with E-state index in [1.807, 2.05) is 19.9 Å². The number of aromatic nitrogens is 3. The Balaban J connectivity index is 1.86. The molecular weight excluding hydrogens is 435 g/mol. The van der Waals surface area contributed by atoms with Gasteiger partial charge in [0.25, 0.3) is 5.91 Å². The zero-order chi connectivity index (χ0) is 17.1. The Morgan fingerprint density at radius 3 is 2.88 bits per heavy atom. The van der Waals surface area contributed by atoms with E-state index < -0.39 is 0 Å². The lowest BCUT2D eigenvalue weighted by molar-refractivity contribution is 0.102. The van der Waals surface area contributed by atoms with Crippen molar-refractivity contribution < 1.29 is 4.79 Å². The average molecular weight is 450 g/mol. The second-order valence-corrected chi connectivity index (χ2v) is 7.02. The van der Waals surface area contributed by atoms with E-state index in [1.165, 1.54) is 16.9 Å². The van der Waals surface area contributed by atoms with Gasteiger partial charge in [-0.05, 0) is 43.2 Å². The van der Waals surface area contributed by atoms with E-state index >= 15 is 0 Å². The Hall–Kier alpha value is -1.87. The number of nitrogens with one attached hydrogen (secondary N) is 1. The van der Waals surface area contributed by atoms with Gasteiger partial charge in [0.05, 0.1) is 16.3 Å². The van der Waals surface area contributed by atoms with Crippen LogP contribution < -0.4 is 5.32 Å². The monoisotopic (exact) mass is 450 g/mol. The quantitative estimate of drug-likeness (QED) is 0.473. The van der Waals surface area contributed by atoms with Crippen LogP contribution in [0.1, 0.15) is 27.2 Å². The number of alkyl halides is 1. The Labute approximate surface area is 157 Å². The summed E-state index contributed by atoms with van der Waals surface area (Å²) in [5.41, 5.74) is 4.40. The van der Waals surface area contributed by atoms with E-state index in [0.717, 1.165) is 26.3 Å². The smallest absolute Gasteiger partial charge is 0.257 e. The fourth-order valence-electron chi connectivity index (χ4n) is 2.26. The molecule has 3 heterocycles. The third-order valence-electron chi connectivity index (χ3n) is 3.49.